The highest BCUT2D eigenvalue weighted by Gasteiger charge is 2.51. The molecule has 112 valence electrons. The Morgan fingerprint density at radius 1 is 1.19 bits per heavy atom. The first-order valence-corrected chi connectivity index (χ1v) is 7.67. The average Bonchev–Trinajstić information content (AvgIpc) is 2.89. The minimum atomic E-state index is -0.666. The van der Waals surface area contributed by atoms with Crippen LogP contribution < -0.4 is 10.2 Å². The van der Waals surface area contributed by atoms with Gasteiger partial charge in [-0.25, -0.2) is 0 Å². The van der Waals surface area contributed by atoms with Gasteiger partial charge in [0.25, 0.3) is 5.91 Å². The van der Waals surface area contributed by atoms with E-state index in [1.54, 1.807) is 11.8 Å². The van der Waals surface area contributed by atoms with Gasteiger partial charge in [-0.15, -0.1) is 0 Å². The van der Waals surface area contributed by atoms with E-state index >= 15 is 0 Å². The average molecular weight is 286 g/mol. The molecule has 0 bridgehead atoms. The van der Waals surface area contributed by atoms with Crippen molar-refractivity contribution in [3.8, 4) is 0 Å². The third-order valence-electron chi connectivity index (χ3n) is 4.83. The van der Waals surface area contributed by atoms with Gasteiger partial charge in [0.15, 0.2) is 0 Å². The maximum atomic E-state index is 13.1. The van der Waals surface area contributed by atoms with Crippen LogP contribution in [0.15, 0.2) is 18.2 Å². The molecule has 0 aromatic heterocycles. The fourth-order valence-electron chi connectivity index (χ4n) is 3.63. The van der Waals surface area contributed by atoms with Crippen LogP contribution in [0, 0.1) is 13.8 Å². The quantitative estimate of drug-likeness (QED) is 0.862. The van der Waals surface area contributed by atoms with Gasteiger partial charge in [0.2, 0.25) is 5.91 Å². The summed E-state index contributed by atoms with van der Waals surface area (Å²) in [6.07, 6.45) is 3.51. The van der Waals surface area contributed by atoms with E-state index in [-0.39, 0.29) is 11.8 Å². The predicted molar refractivity (Wildman–Crippen MR) is 82.2 cm³/mol. The molecule has 1 spiro atoms. The Morgan fingerprint density at radius 2 is 1.86 bits per heavy atom. The van der Waals surface area contributed by atoms with Crippen molar-refractivity contribution in [3.63, 3.8) is 0 Å². The molecule has 4 heteroatoms. The van der Waals surface area contributed by atoms with E-state index in [0.29, 0.717) is 0 Å². The van der Waals surface area contributed by atoms with E-state index in [2.05, 4.69) is 11.4 Å². The third kappa shape index (κ3) is 2.13. The molecule has 1 aliphatic heterocycles. The summed E-state index contributed by atoms with van der Waals surface area (Å²) in [5, 5.41) is 2.99. The normalized spacial score (nSPS) is 24.5. The Labute approximate surface area is 125 Å². The number of carbonyl (C=O) groups excluding carboxylic acids is 2. The molecule has 1 unspecified atom stereocenters. The number of nitrogens with zero attached hydrogens (tertiary/aromatic N) is 1. The second kappa shape index (κ2) is 4.86. The molecule has 1 saturated heterocycles. The smallest absolute Gasteiger partial charge is 0.253 e. The molecular formula is C17H22N2O2. The van der Waals surface area contributed by atoms with Crippen LogP contribution in [0.25, 0.3) is 0 Å². The summed E-state index contributed by atoms with van der Waals surface area (Å²) in [6.45, 7) is 5.83. The number of nitrogens with one attached hydrogen (secondary N) is 1. The van der Waals surface area contributed by atoms with Crippen LogP contribution in [0.5, 0.6) is 0 Å². The molecule has 1 aromatic carbocycles. The minimum absolute atomic E-state index is 0.0449. The molecule has 4 nitrogen and oxygen atoms in total. The number of piperazine rings is 1. The van der Waals surface area contributed by atoms with Crippen LogP contribution in [0.2, 0.25) is 0 Å². The van der Waals surface area contributed by atoms with Gasteiger partial charge in [0.05, 0.1) is 0 Å². The molecule has 2 amide bonds. The first-order valence-electron chi connectivity index (χ1n) is 7.67. The topological polar surface area (TPSA) is 49.4 Å². The van der Waals surface area contributed by atoms with Gasteiger partial charge in [-0.1, -0.05) is 30.5 Å². The molecule has 1 saturated carbocycles. The lowest BCUT2D eigenvalue weighted by Crippen LogP contribution is -2.69. The zero-order valence-electron chi connectivity index (χ0n) is 12.9. The lowest BCUT2D eigenvalue weighted by atomic mass is 9.90. The lowest BCUT2D eigenvalue weighted by molar-refractivity contribution is -0.137. The molecule has 1 aliphatic carbocycles. The van der Waals surface area contributed by atoms with Gasteiger partial charge in [-0.3, -0.25) is 14.5 Å². The third-order valence-corrected chi connectivity index (χ3v) is 4.83. The fourth-order valence-corrected chi connectivity index (χ4v) is 3.63. The van der Waals surface area contributed by atoms with Gasteiger partial charge in [0, 0.05) is 5.69 Å². The summed E-state index contributed by atoms with van der Waals surface area (Å²) in [6, 6.07) is 5.56. The highest BCUT2D eigenvalue weighted by molar-refractivity contribution is 6.11. The van der Waals surface area contributed by atoms with E-state index in [0.717, 1.165) is 42.5 Å². The molecule has 21 heavy (non-hydrogen) atoms. The maximum absolute atomic E-state index is 13.1. The van der Waals surface area contributed by atoms with E-state index in [1.807, 2.05) is 26.0 Å². The summed E-state index contributed by atoms with van der Waals surface area (Å²) in [5.41, 5.74) is 2.40. The molecule has 2 aliphatic rings. The Morgan fingerprint density at radius 3 is 2.48 bits per heavy atom. The Kier molecular flexibility index (Phi) is 3.27. The van der Waals surface area contributed by atoms with Crippen LogP contribution >= 0.6 is 0 Å². The van der Waals surface area contributed by atoms with Crippen molar-refractivity contribution in [3.05, 3.63) is 29.3 Å². The lowest BCUT2D eigenvalue weighted by Gasteiger charge is -2.43. The Hall–Kier alpha value is -1.84. The molecule has 1 aromatic rings. The summed E-state index contributed by atoms with van der Waals surface area (Å²) in [4.78, 5) is 27.1. The molecule has 0 radical (unpaired) electrons. The van der Waals surface area contributed by atoms with Crippen molar-refractivity contribution < 1.29 is 9.59 Å². The van der Waals surface area contributed by atoms with Crippen molar-refractivity contribution >= 4 is 17.5 Å². The van der Waals surface area contributed by atoms with Crippen LogP contribution in [-0.2, 0) is 9.59 Å². The predicted octanol–water partition coefficient (Wildman–Crippen LogP) is 2.47. The van der Waals surface area contributed by atoms with Crippen LogP contribution in [0.4, 0.5) is 5.69 Å². The summed E-state index contributed by atoms with van der Waals surface area (Å²) in [7, 11) is 0. The van der Waals surface area contributed by atoms with E-state index < -0.39 is 11.6 Å². The molecule has 2 fully saturated rings. The van der Waals surface area contributed by atoms with Gasteiger partial charge in [0.1, 0.15) is 11.6 Å². The Bertz CT molecular complexity index is 603. The number of rotatable bonds is 1. The SMILES string of the molecule is Cc1ccc(N2C(=O)C3(CCCC3)NC(=O)C2C)c(C)c1. The van der Waals surface area contributed by atoms with Crippen LogP contribution in [-0.4, -0.2) is 23.4 Å². The number of amides is 2. The minimum Gasteiger partial charge on any atom is -0.340 e. The van der Waals surface area contributed by atoms with Crippen molar-refractivity contribution in [2.75, 3.05) is 4.90 Å². The van der Waals surface area contributed by atoms with Crippen molar-refractivity contribution in [2.24, 2.45) is 0 Å². The van der Waals surface area contributed by atoms with Gasteiger partial charge >= 0.3 is 0 Å². The molecular weight excluding hydrogens is 264 g/mol. The molecule has 1 atom stereocenters. The largest absolute Gasteiger partial charge is 0.340 e. The van der Waals surface area contributed by atoms with E-state index in [1.165, 1.54) is 0 Å². The van der Waals surface area contributed by atoms with Gasteiger partial charge in [-0.2, -0.15) is 0 Å². The highest BCUT2D eigenvalue weighted by Crippen LogP contribution is 2.37. The van der Waals surface area contributed by atoms with Gasteiger partial charge in [-0.05, 0) is 45.2 Å². The van der Waals surface area contributed by atoms with E-state index in [4.69, 9.17) is 0 Å². The molecule has 1 heterocycles. The number of hydrogen-bond donors (Lipinski definition) is 1. The summed E-state index contributed by atoms with van der Waals surface area (Å²) in [5.74, 6) is 0.00975. The van der Waals surface area contributed by atoms with E-state index in [9.17, 15) is 9.59 Å². The monoisotopic (exact) mass is 286 g/mol. The summed E-state index contributed by atoms with van der Waals surface area (Å²) >= 11 is 0. The zero-order chi connectivity index (χ0) is 15.2. The second-order valence-electron chi connectivity index (χ2n) is 6.42. The number of aryl methyl sites for hydroxylation is 2. The first kappa shape index (κ1) is 14.1. The zero-order valence-corrected chi connectivity index (χ0v) is 12.9. The number of carbonyl (C=O) groups is 2. The maximum Gasteiger partial charge on any atom is 0.253 e. The second-order valence-corrected chi connectivity index (χ2v) is 6.42. The number of anilines is 1. The van der Waals surface area contributed by atoms with Gasteiger partial charge < -0.3 is 5.32 Å². The first-order chi connectivity index (χ1) is 9.94. The van der Waals surface area contributed by atoms with Crippen molar-refractivity contribution in [1.82, 2.24) is 5.32 Å². The molecule has 3 rings (SSSR count). The molecule has 1 N–H and O–H groups in total. The van der Waals surface area contributed by atoms with Crippen LogP contribution in [0.1, 0.15) is 43.7 Å². The Balaban J connectivity index is 2.05. The van der Waals surface area contributed by atoms with Crippen LogP contribution in [0.3, 0.4) is 0 Å². The number of hydrogen-bond acceptors (Lipinski definition) is 2. The fraction of sp³-hybridized carbons (Fsp3) is 0.529. The summed E-state index contributed by atoms with van der Waals surface area (Å²) < 4.78 is 0. The van der Waals surface area contributed by atoms with Crippen molar-refractivity contribution in [1.29, 1.82) is 0 Å². The standard InChI is InChI=1S/C17H22N2O2/c1-11-6-7-14(12(2)10-11)19-13(3)15(20)18-17(16(19)21)8-4-5-9-17/h6-7,10,13H,4-5,8-9H2,1-3H3,(H,18,20). The number of benzene rings is 1. The van der Waals surface area contributed by atoms with Crippen molar-refractivity contribution in [2.45, 2.75) is 58.0 Å². The highest BCUT2D eigenvalue weighted by atomic mass is 16.2.